The average molecular weight is 345 g/mol. The molecular formula is C21H19N3O2. The Kier molecular flexibility index (Phi) is 4.75. The summed E-state index contributed by atoms with van der Waals surface area (Å²) < 4.78 is 4.96. The number of esters is 1. The predicted octanol–water partition coefficient (Wildman–Crippen LogP) is 3.00. The Morgan fingerprint density at radius 3 is 2.19 bits per heavy atom. The second kappa shape index (κ2) is 7.00. The van der Waals surface area contributed by atoms with Crippen molar-refractivity contribution in [2.24, 2.45) is 5.41 Å². The molecule has 130 valence electrons. The van der Waals surface area contributed by atoms with Crippen molar-refractivity contribution in [2.75, 3.05) is 7.11 Å². The topological polar surface area (TPSA) is 85.9 Å². The van der Waals surface area contributed by atoms with Crippen LogP contribution in [0.5, 0.6) is 0 Å². The minimum absolute atomic E-state index is 0.483. The fraction of sp³-hybridized carbons (Fsp3) is 0.286. The number of aryl methyl sites for hydroxylation is 1. The highest BCUT2D eigenvalue weighted by Gasteiger charge is 2.59. The van der Waals surface area contributed by atoms with Gasteiger partial charge in [0, 0.05) is 5.92 Å². The van der Waals surface area contributed by atoms with E-state index in [1.54, 1.807) is 0 Å². The van der Waals surface area contributed by atoms with Gasteiger partial charge in [-0.25, -0.2) is 0 Å². The van der Waals surface area contributed by atoms with E-state index < -0.39 is 29.4 Å². The van der Waals surface area contributed by atoms with Gasteiger partial charge in [-0.05, 0) is 18.1 Å². The highest BCUT2D eigenvalue weighted by atomic mass is 16.5. The van der Waals surface area contributed by atoms with Crippen LogP contribution in [0.2, 0.25) is 0 Å². The minimum atomic E-state index is -1.44. The first-order chi connectivity index (χ1) is 12.6. The van der Waals surface area contributed by atoms with Gasteiger partial charge in [-0.3, -0.25) is 10.1 Å². The molecule has 0 spiro atoms. The molecule has 1 N–H and O–H groups in total. The van der Waals surface area contributed by atoms with Crippen LogP contribution in [-0.4, -0.2) is 19.1 Å². The zero-order valence-electron chi connectivity index (χ0n) is 14.6. The molecule has 1 heterocycles. The Morgan fingerprint density at radius 2 is 1.65 bits per heavy atom. The third-order valence-electron chi connectivity index (χ3n) is 5.02. The second-order valence-electron chi connectivity index (χ2n) is 6.49. The van der Waals surface area contributed by atoms with E-state index in [4.69, 9.17) is 4.74 Å². The number of rotatable bonds is 3. The summed E-state index contributed by atoms with van der Waals surface area (Å²) >= 11 is 0. The largest absolute Gasteiger partial charge is 0.468 e. The molecule has 1 fully saturated rings. The van der Waals surface area contributed by atoms with Crippen molar-refractivity contribution < 1.29 is 9.53 Å². The van der Waals surface area contributed by atoms with Gasteiger partial charge >= 0.3 is 5.97 Å². The van der Waals surface area contributed by atoms with Crippen LogP contribution in [0.15, 0.2) is 54.6 Å². The number of nitriles is 2. The molecule has 1 aliphatic rings. The molecule has 3 rings (SSSR count). The Labute approximate surface area is 152 Å². The first-order valence-electron chi connectivity index (χ1n) is 8.35. The standard InChI is InChI=1S/C21H19N3O2/c1-14-8-10-15(11-9-14)17-18(20(25)26-2)24-19(21(17,12-22)13-23)16-6-4-3-5-7-16/h3-11,17-19,24H,1-2H3. The maximum Gasteiger partial charge on any atom is 0.323 e. The SMILES string of the molecule is COC(=O)C1NC(c2ccccc2)C(C#N)(C#N)C1c1ccc(C)cc1. The molecule has 3 atom stereocenters. The van der Waals surface area contributed by atoms with Crippen molar-refractivity contribution in [3.05, 3.63) is 71.3 Å². The van der Waals surface area contributed by atoms with Crippen LogP contribution in [0.25, 0.3) is 0 Å². The summed E-state index contributed by atoms with van der Waals surface area (Å²) in [5, 5.41) is 23.3. The fourth-order valence-corrected chi connectivity index (χ4v) is 3.71. The molecule has 0 aromatic heterocycles. The normalized spacial score (nSPS) is 23.6. The number of nitrogens with zero attached hydrogens (tertiary/aromatic N) is 2. The van der Waals surface area contributed by atoms with Crippen molar-refractivity contribution in [2.45, 2.75) is 24.9 Å². The van der Waals surface area contributed by atoms with Crippen molar-refractivity contribution in [3.63, 3.8) is 0 Å². The summed E-state index contributed by atoms with van der Waals surface area (Å²) in [7, 11) is 1.31. The van der Waals surface area contributed by atoms with Crippen LogP contribution in [0.3, 0.4) is 0 Å². The number of hydrogen-bond donors (Lipinski definition) is 1. The van der Waals surface area contributed by atoms with E-state index in [9.17, 15) is 15.3 Å². The number of ether oxygens (including phenoxy) is 1. The summed E-state index contributed by atoms with van der Waals surface area (Å²) in [6.07, 6.45) is 0. The van der Waals surface area contributed by atoms with Gasteiger partial charge in [0.1, 0.15) is 6.04 Å². The number of hydrogen-bond acceptors (Lipinski definition) is 5. The Hall–Kier alpha value is -3.15. The van der Waals surface area contributed by atoms with Gasteiger partial charge in [-0.15, -0.1) is 0 Å². The summed E-state index contributed by atoms with van der Waals surface area (Å²) in [4.78, 5) is 12.5. The lowest BCUT2D eigenvalue weighted by Crippen LogP contribution is -2.37. The molecule has 1 aliphatic heterocycles. The number of carbonyl (C=O) groups is 1. The first-order valence-corrected chi connectivity index (χ1v) is 8.35. The highest BCUT2D eigenvalue weighted by molar-refractivity contribution is 5.79. The molecule has 0 radical (unpaired) electrons. The van der Waals surface area contributed by atoms with E-state index in [1.165, 1.54) is 7.11 Å². The Balaban J connectivity index is 2.19. The zero-order valence-corrected chi connectivity index (χ0v) is 14.6. The van der Waals surface area contributed by atoms with Gasteiger partial charge < -0.3 is 4.74 Å². The molecule has 0 amide bonds. The molecule has 0 aliphatic carbocycles. The summed E-state index contributed by atoms with van der Waals surface area (Å²) in [5.41, 5.74) is 1.18. The van der Waals surface area contributed by atoms with Crippen LogP contribution in [0.1, 0.15) is 28.7 Å². The Morgan fingerprint density at radius 1 is 1.04 bits per heavy atom. The highest BCUT2D eigenvalue weighted by Crippen LogP contribution is 2.52. The van der Waals surface area contributed by atoms with Crippen LogP contribution in [-0.2, 0) is 9.53 Å². The Bertz CT molecular complexity index is 864. The van der Waals surface area contributed by atoms with Crippen molar-refractivity contribution in [1.29, 1.82) is 10.5 Å². The number of carbonyl (C=O) groups excluding carboxylic acids is 1. The minimum Gasteiger partial charge on any atom is -0.468 e. The maximum atomic E-state index is 12.5. The number of benzene rings is 2. The summed E-state index contributed by atoms with van der Waals surface area (Å²) in [6.45, 7) is 1.96. The molecule has 26 heavy (non-hydrogen) atoms. The van der Waals surface area contributed by atoms with E-state index in [2.05, 4.69) is 17.5 Å². The van der Waals surface area contributed by atoms with Gasteiger partial charge in [-0.2, -0.15) is 10.5 Å². The van der Waals surface area contributed by atoms with Gasteiger partial charge in [0.05, 0.1) is 25.3 Å². The van der Waals surface area contributed by atoms with Crippen LogP contribution in [0.4, 0.5) is 0 Å². The lowest BCUT2D eigenvalue weighted by molar-refractivity contribution is -0.143. The number of nitrogens with one attached hydrogen (secondary N) is 1. The fourth-order valence-electron chi connectivity index (χ4n) is 3.71. The second-order valence-corrected chi connectivity index (χ2v) is 6.49. The van der Waals surface area contributed by atoms with Gasteiger partial charge in [0.25, 0.3) is 0 Å². The summed E-state index contributed by atoms with van der Waals surface area (Å²) in [5.74, 6) is -1.13. The molecule has 5 nitrogen and oxygen atoms in total. The molecule has 3 unspecified atom stereocenters. The molecule has 1 saturated heterocycles. The third-order valence-corrected chi connectivity index (χ3v) is 5.02. The van der Waals surface area contributed by atoms with E-state index in [0.717, 1.165) is 16.7 Å². The van der Waals surface area contributed by atoms with Crippen molar-refractivity contribution >= 4 is 5.97 Å². The van der Waals surface area contributed by atoms with Crippen molar-refractivity contribution in [3.8, 4) is 12.1 Å². The molecule has 2 aromatic carbocycles. The zero-order chi connectivity index (χ0) is 18.7. The first kappa shape index (κ1) is 17.7. The predicted molar refractivity (Wildman–Crippen MR) is 95.7 cm³/mol. The van der Waals surface area contributed by atoms with E-state index in [0.29, 0.717) is 0 Å². The van der Waals surface area contributed by atoms with E-state index in [1.807, 2.05) is 61.5 Å². The molecule has 2 aromatic rings. The van der Waals surface area contributed by atoms with Gasteiger partial charge in [0.2, 0.25) is 0 Å². The quantitative estimate of drug-likeness (QED) is 0.864. The van der Waals surface area contributed by atoms with Crippen molar-refractivity contribution in [1.82, 2.24) is 5.32 Å². The summed E-state index contributed by atoms with van der Waals surface area (Å²) in [6, 6.07) is 19.9. The van der Waals surface area contributed by atoms with E-state index in [-0.39, 0.29) is 0 Å². The van der Waals surface area contributed by atoms with Crippen LogP contribution in [0, 0.1) is 35.0 Å². The van der Waals surface area contributed by atoms with Crippen LogP contribution >= 0.6 is 0 Å². The maximum absolute atomic E-state index is 12.5. The molecule has 0 bridgehead atoms. The number of methoxy groups -OCH3 is 1. The monoisotopic (exact) mass is 345 g/mol. The molecule has 0 saturated carbocycles. The lowest BCUT2D eigenvalue weighted by Gasteiger charge is -2.27. The third kappa shape index (κ3) is 2.73. The van der Waals surface area contributed by atoms with Gasteiger partial charge in [0.15, 0.2) is 5.41 Å². The molecule has 5 heteroatoms. The lowest BCUT2D eigenvalue weighted by atomic mass is 9.68. The van der Waals surface area contributed by atoms with Gasteiger partial charge in [-0.1, -0.05) is 60.2 Å². The van der Waals surface area contributed by atoms with Crippen LogP contribution < -0.4 is 5.32 Å². The van der Waals surface area contributed by atoms with E-state index >= 15 is 0 Å². The smallest absolute Gasteiger partial charge is 0.323 e. The average Bonchev–Trinajstić information content (AvgIpc) is 3.04. The molecular weight excluding hydrogens is 326 g/mol.